The predicted molar refractivity (Wildman–Crippen MR) is 68.9 cm³/mol. The Hall–Kier alpha value is 0.270. The highest BCUT2D eigenvalue weighted by Gasteiger charge is 2.42. The monoisotopic (exact) mass is 241 g/mol. The Morgan fingerprint density at radius 2 is 2.25 bits per heavy atom. The molecule has 3 heterocycles. The molecule has 0 bridgehead atoms. The van der Waals surface area contributed by atoms with Crippen molar-refractivity contribution in [1.82, 2.24) is 5.32 Å². The fourth-order valence-electron chi connectivity index (χ4n) is 3.61. The Morgan fingerprint density at radius 3 is 3.00 bits per heavy atom. The van der Waals surface area contributed by atoms with Gasteiger partial charge in [0.25, 0.3) is 0 Å². The van der Waals surface area contributed by atoms with Crippen molar-refractivity contribution in [3.05, 3.63) is 0 Å². The highest BCUT2D eigenvalue weighted by Crippen LogP contribution is 2.43. The van der Waals surface area contributed by atoms with E-state index in [1.807, 2.05) is 0 Å². The van der Waals surface area contributed by atoms with Gasteiger partial charge in [0.05, 0.1) is 5.60 Å². The standard InChI is InChI=1S/C13H23NOS/c1-2-12(9-14-5-1)11-3-6-15-13(8-11)4-7-16-10-13/h11-12,14H,1-10H2. The maximum absolute atomic E-state index is 6.11. The highest BCUT2D eigenvalue weighted by molar-refractivity contribution is 7.99. The first-order valence-corrected chi connectivity index (χ1v) is 7.96. The molecule has 1 N–H and O–H groups in total. The quantitative estimate of drug-likeness (QED) is 0.761. The summed E-state index contributed by atoms with van der Waals surface area (Å²) in [5, 5.41) is 3.57. The van der Waals surface area contributed by atoms with Crippen LogP contribution in [0.25, 0.3) is 0 Å². The van der Waals surface area contributed by atoms with Crippen LogP contribution in [-0.4, -0.2) is 36.8 Å². The molecule has 3 unspecified atom stereocenters. The van der Waals surface area contributed by atoms with Crippen LogP contribution < -0.4 is 5.32 Å². The Bertz CT molecular complexity index is 234. The van der Waals surface area contributed by atoms with Gasteiger partial charge in [-0.25, -0.2) is 0 Å². The number of hydrogen-bond donors (Lipinski definition) is 1. The van der Waals surface area contributed by atoms with Crippen molar-refractivity contribution in [1.29, 1.82) is 0 Å². The lowest BCUT2D eigenvalue weighted by Gasteiger charge is -2.42. The van der Waals surface area contributed by atoms with Crippen LogP contribution in [0.2, 0.25) is 0 Å². The maximum atomic E-state index is 6.11. The van der Waals surface area contributed by atoms with Gasteiger partial charge >= 0.3 is 0 Å². The van der Waals surface area contributed by atoms with Gasteiger partial charge in [0.2, 0.25) is 0 Å². The lowest BCUT2D eigenvalue weighted by atomic mass is 9.75. The SMILES string of the molecule is C1CNCC(C2CCOC3(CCSC3)C2)C1. The third kappa shape index (κ3) is 2.27. The molecule has 2 nitrogen and oxygen atoms in total. The van der Waals surface area contributed by atoms with Crippen LogP contribution in [0.1, 0.15) is 32.1 Å². The third-order valence-electron chi connectivity index (χ3n) is 4.60. The van der Waals surface area contributed by atoms with Gasteiger partial charge in [-0.3, -0.25) is 0 Å². The number of hydrogen-bond acceptors (Lipinski definition) is 3. The van der Waals surface area contributed by atoms with E-state index >= 15 is 0 Å². The molecule has 0 aliphatic carbocycles. The van der Waals surface area contributed by atoms with Gasteiger partial charge in [0, 0.05) is 12.4 Å². The summed E-state index contributed by atoms with van der Waals surface area (Å²) in [4.78, 5) is 0. The van der Waals surface area contributed by atoms with E-state index in [4.69, 9.17) is 4.74 Å². The minimum Gasteiger partial charge on any atom is -0.374 e. The Balaban J connectivity index is 1.62. The summed E-state index contributed by atoms with van der Waals surface area (Å²) < 4.78 is 6.11. The van der Waals surface area contributed by atoms with E-state index in [1.165, 1.54) is 56.7 Å². The molecule has 3 aliphatic heterocycles. The van der Waals surface area contributed by atoms with Gasteiger partial charge < -0.3 is 10.1 Å². The second-order valence-electron chi connectivity index (χ2n) is 5.69. The van der Waals surface area contributed by atoms with Crippen LogP contribution in [-0.2, 0) is 4.74 Å². The first-order chi connectivity index (χ1) is 7.88. The summed E-state index contributed by atoms with van der Waals surface area (Å²) in [5.41, 5.74) is 0.283. The van der Waals surface area contributed by atoms with E-state index < -0.39 is 0 Å². The number of ether oxygens (including phenoxy) is 1. The highest BCUT2D eigenvalue weighted by atomic mass is 32.2. The molecular weight excluding hydrogens is 218 g/mol. The van der Waals surface area contributed by atoms with E-state index in [0.29, 0.717) is 0 Å². The van der Waals surface area contributed by atoms with Crippen molar-refractivity contribution < 1.29 is 4.74 Å². The smallest absolute Gasteiger partial charge is 0.0783 e. The predicted octanol–water partition coefficient (Wildman–Crippen LogP) is 2.29. The molecule has 3 heteroatoms. The number of piperidine rings is 1. The van der Waals surface area contributed by atoms with E-state index in [9.17, 15) is 0 Å². The van der Waals surface area contributed by atoms with Crippen LogP contribution in [0, 0.1) is 11.8 Å². The van der Waals surface area contributed by atoms with E-state index in [0.717, 1.165) is 18.4 Å². The van der Waals surface area contributed by atoms with Gasteiger partial charge in [0.1, 0.15) is 0 Å². The Morgan fingerprint density at radius 1 is 1.25 bits per heavy atom. The first kappa shape index (κ1) is 11.4. The van der Waals surface area contributed by atoms with Gasteiger partial charge in [-0.1, -0.05) is 0 Å². The molecule has 0 saturated carbocycles. The molecule has 0 radical (unpaired) electrons. The zero-order valence-electron chi connectivity index (χ0n) is 10.0. The lowest BCUT2D eigenvalue weighted by molar-refractivity contribution is -0.0904. The van der Waals surface area contributed by atoms with Gasteiger partial charge in [-0.15, -0.1) is 0 Å². The summed E-state index contributed by atoms with van der Waals surface area (Å²) in [6.45, 7) is 3.51. The summed E-state index contributed by atoms with van der Waals surface area (Å²) in [6, 6.07) is 0. The number of thioether (sulfide) groups is 1. The summed E-state index contributed by atoms with van der Waals surface area (Å²) in [7, 11) is 0. The topological polar surface area (TPSA) is 21.3 Å². The van der Waals surface area contributed by atoms with Crippen LogP contribution in [0.5, 0.6) is 0 Å². The van der Waals surface area contributed by atoms with Gasteiger partial charge in [-0.05, 0) is 62.8 Å². The minimum absolute atomic E-state index is 0.283. The third-order valence-corrected chi connectivity index (χ3v) is 5.82. The summed E-state index contributed by atoms with van der Waals surface area (Å²) >= 11 is 2.09. The second-order valence-corrected chi connectivity index (χ2v) is 6.80. The normalized spacial score (nSPS) is 45.0. The molecule has 3 saturated heterocycles. The molecule has 16 heavy (non-hydrogen) atoms. The molecule has 0 aromatic carbocycles. The zero-order valence-corrected chi connectivity index (χ0v) is 10.9. The molecule has 3 fully saturated rings. The molecule has 3 rings (SSSR count). The van der Waals surface area contributed by atoms with Crippen molar-refractivity contribution in [2.45, 2.75) is 37.7 Å². The second kappa shape index (κ2) is 4.87. The first-order valence-electron chi connectivity index (χ1n) is 6.80. The molecule has 0 amide bonds. The van der Waals surface area contributed by atoms with E-state index in [-0.39, 0.29) is 5.60 Å². The zero-order chi connectivity index (χ0) is 10.8. The average molecular weight is 241 g/mol. The maximum Gasteiger partial charge on any atom is 0.0783 e. The Labute approximate surface area is 103 Å². The van der Waals surface area contributed by atoms with Gasteiger partial charge in [0.15, 0.2) is 0 Å². The summed E-state index contributed by atoms with van der Waals surface area (Å²) in [6.07, 6.45) is 6.77. The van der Waals surface area contributed by atoms with Crippen LogP contribution in [0.4, 0.5) is 0 Å². The number of nitrogens with one attached hydrogen (secondary N) is 1. The van der Waals surface area contributed by atoms with Crippen LogP contribution in [0.15, 0.2) is 0 Å². The Kier molecular flexibility index (Phi) is 3.46. The molecule has 0 aromatic heterocycles. The summed E-state index contributed by atoms with van der Waals surface area (Å²) in [5.74, 6) is 4.43. The molecule has 1 spiro atoms. The fourth-order valence-corrected chi connectivity index (χ4v) is 4.99. The average Bonchev–Trinajstić information content (AvgIpc) is 2.78. The van der Waals surface area contributed by atoms with Crippen molar-refractivity contribution in [3.63, 3.8) is 0 Å². The van der Waals surface area contributed by atoms with Crippen molar-refractivity contribution in [2.24, 2.45) is 11.8 Å². The van der Waals surface area contributed by atoms with Crippen molar-refractivity contribution in [3.8, 4) is 0 Å². The molecule has 3 aliphatic rings. The number of rotatable bonds is 1. The van der Waals surface area contributed by atoms with Crippen molar-refractivity contribution >= 4 is 11.8 Å². The van der Waals surface area contributed by atoms with Crippen LogP contribution >= 0.6 is 11.8 Å². The van der Waals surface area contributed by atoms with Crippen molar-refractivity contribution in [2.75, 3.05) is 31.2 Å². The molecular formula is C13H23NOS. The fraction of sp³-hybridized carbons (Fsp3) is 1.00. The largest absolute Gasteiger partial charge is 0.374 e. The molecule has 0 aromatic rings. The van der Waals surface area contributed by atoms with E-state index in [2.05, 4.69) is 17.1 Å². The van der Waals surface area contributed by atoms with E-state index in [1.54, 1.807) is 0 Å². The molecule has 3 atom stereocenters. The molecule has 92 valence electrons. The van der Waals surface area contributed by atoms with Crippen LogP contribution in [0.3, 0.4) is 0 Å². The minimum atomic E-state index is 0.283. The van der Waals surface area contributed by atoms with Gasteiger partial charge in [-0.2, -0.15) is 11.8 Å². The lowest BCUT2D eigenvalue weighted by Crippen LogP contribution is -2.44.